The van der Waals surface area contributed by atoms with E-state index >= 15 is 0 Å². The standard InChI is InChI=1S/C27H27N3O3S/c1-21-20-34-27(29-21)30-28-18-23-9-5-10-26(17-23)32-16-6-15-31-24-11-13-25(14-12-24)33-19-22-7-3-2-4-8-22/h2-5,7-14,17-18,20H,6,15-16,19H2,1H3,(H,29,30). The van der Waals surface area contributed by atoms with Gasteiger partial charge in [-0.05, 0) is 54.4 Å². The number of hydrazone groups is 1. The molecule has 0 spiro atoms. The minimum atomic E-state index is 0.549. The van der Waals surface area contributed by atoms with Crippen LogP contribution in [0.1, 0.15) is 23.2 Å². The van der Waals surface area contributed by atoms with Crippen LogP contribution in [0, 0.1) is 6.92 Å². The highest BCUT2D eigenvalue weighted by atomic mass is 32.1. The fourth-order valence-corrected chi connectivity index (χ4v) is 3.70. The van der Waals surface area contributed by atoms with Crippen molar-refractivity contribution in [1.82, 2.24) is 4.98 Å². The first-order chi connectivity index (χ1) is 16.7. The molecule has 0 aliphatic heterocycles. The topological polar surface area (TPSA) is 65.0 Å². The number of aryl methyl sites for hydroxylation is 1. The normalized spacial score (nSPS) is 10.9. The molecule has 7 heteroatoms. The van der Waals surface area contributed by atoms with Crippen molar-refractivity contribution in [3.63, 3.8) is 0 Å². The minimum Gasteiger partial charge on any atom is -0.493 e. The molecule has 0 saturated heterocycles. The number of hydrogen-bond donors (Lipinski definition) is 1. The van der Waals surface area contributed by atoms with Crippen molar-refractivity contribution in [1.29, 1.82) is 0 Å². The molecule has 0 atom stereocenters. The van der Waals surface area contributed by atoms with Crippen molar-refractivity contribution in [2.45, 2.75) is 20.0 Å². The lowest BCUT2D eigenvalue weighted by Gasteiger charge is -2.10. The van der Waals surface area contributed by atoms with Gasteiger partial charge in [-0.15, -0.1) is 11.3 Å². The van der Waals surface area contributed by atoms with Gasteiger partial charge in [-0.3, -0.25) is 5.43 Å². The van der Waals surface area contributed by atoms with Crippen molar-refractivity contribution in [3.05, 3.63) is 101 Å². The lowest BCUT2D eigenvalue weighted by atomic mass is 10.2. The summed E-state index contributed by atoms with van der Waals surface area (Å²) >= 11 is 1.52. The summed E-state index contributed by atoms with van der Waals surface area (Å²) < 4.78 is 17.5. The van der Waals surface area contributed by atoms with Crippen molar-refractivity contribution in [2.24, 2.45) is 5.10 Å². The molecule has 34 heavy (non-hydrogen) atoms. The molecule has 0 aliphatic rings. The number of thiazole rings is 1. The number of aromatic nitrogens is 1. The highest BCUT2D eigenvalue weighted by Crippen LogP contribution is 2.19. The molecule has 0 aliphatic carbocycles. The molecule has 0 fully saturated rings. The van der Waals surface area contributed by atoms with E-state index in [1.807, 2.05) is 91.2 Å². The van der Waals surface area contributed by atoms with E-state index in [1.165, 1.54) is 11.3 Å². The van der Waals surface area contributed by atoms with E-state index in [2.05, 4.69) is 15.5 Å². The number of rotatable bonds is 12. The summed E-state index contributed by atoms with van der Waals surface area (Å²) in [4.78, 5) is 4.31. The molecule has 1 aromatic heterocycles. The molecular weight excluding hydrogens is 446 g/mol. The van der Waals surface area contributed by atoms with Gasteiger partial charge in [0.05, 0.1) is 25.1 Å². The van der Waals surface area contributed by atoms with Gasteiger partial charge in [0.15, 0.2) is 0 Å². The van der Waals surface area contributed by atoms with Gasteiger partial charge in [0, 0.05) is 11.8 Å². The summed E-state index contributed by atoms with van der Waals surface area (Å²) in [6.07, 6.45) is 2.52. The van der Waals surface area contributed by atoms with Crippen LogP contribution >= 0.6 is 11.3 Å². The smallest absolute Gasteiger partial charge is 0.203 e. The van der Waals surface area contributed by atoms with Crippen LogP contribution in [0.15, 0.2) is 89.3 Å². The Bertz CT molecular complexity index is 1180. The lowest BCUT2D eigenvalue weighted by Crippen LogP contribution is -2.05. The quantitative estimate of drug-likeness (QED) is 0.148. The monoisotopic (exact) mass is 473 g/mol. The second kappa shape index (κ2) is 12.4. The average Bonchev–Trinajstić information content (AvgIpc) is 3.29. The van der Waals surface area contributed by atoms with Crippen LogP contribution in [0.3, 0.4) is 0 Å². The summed E-state index contributed by atoms with van der Waals surface area (Å²) in [5, 5.41) is 6.98. The van der Waals surface area contributed by atoms with Crippen molar-refractivity contribution in [3.8, 4) is 17.2 Å². The Morgan fingerprint density at radius 1 is 0.853 bits per heavy atom. The Balaban J connectivity index is 1.14. The zero-order valence-corrected chi connectivity index (χ0v) is 19.8. The van der Waals surface area contributed by atoms with E-state index in [0.29, 0.717) is 19.8 Å². The summed E-state index contributed by atoms with van der Waals surface area (Å²) in [5.74, 6) is 2.43. The van der Waals surface area contributed by atoms with Gasteiger partial charge in [-0.2, -0.15) is 5.10 Å². The maximum Gasteiger partial charge on any atom is 0.203 e. The Kier molecular flexibility index (Phi) is 8.52. The number of anilines is 1. The molecular formula is C27H27N3O3S. The Morgan fingerprint density at radius 3 is 2.32 bits per heavy atom. The first kappa shape index (κ1) is 23.3. The second-order valence-electron chi connectivity index (χ2n) is 7.53. The predicted octanol–water partition coefficient (Wildman–Crippen LogP) is 6.32. The molecule has 6 nitrogen and oxygen atoms in total. The number of nitrogens with one attached hydrogen (secondary N) is 1. The van der Waals surface area contributed by atoms with Gasteiger partial charge in [-0.1, -0.05) is 42.5 Å². The highest BCUT2D eigenvalue weighted by molar-refractivity contribution is 7.13. The molecule has 0 unspecified atom stereocenters. The third-order valence-corrected chi connectivity index (χ3v) is 5.61. The molecule has 174 valence electrons. The third-order valence-electron chi connectivity index (χ3n) is 4.75. The summed E-state index contributed by atoms with van der Waals surface area (Å²) in [6, 6.07) is 25.6. The Labute approximate surface area is 203 Å². The largest absolute Gasteiger partial charge is 0.493 e. The van der Waals surface area contributed by atoms with Crippen molar-refractivity contribution < 1.29 is 14.2 Å². The summed E-state index contributed by atoms with van der Waals surface area (Å²) in [6.45, 7) is 3.64. The molecule has 4 aromatic rings. The van der Waals surface area contributed by atoms with Gasteiger partial charge < -0.3 is 14.2 Å². The van der Waals surface area contributed by atoms with E-state index in [9.17, 15) is 0 Å². The van der Waals surface area contributed by atoms with Gasteiger partial charge in [-0.25, -0.2) is 4.98 Å². The van der Waals surface area contributed by atoms with E-state index in [-0.39, 0.29) is 0 Å². The van der Waals surface area contributed by atoms with Crippen LogP contribution in [0.4, 0.5) is 5.13 Å². The molecule has 0 radical (unpaired) electrons. The maximum atomic E-state index is 5.85. The second-order valence-corrected chi connectivity index (χ2v) is 8.39. The van der Waals surface area contributed by atoms with E-state index in [1.54, 1.807) is 6.21 Å². The molecule has 1 heterocycles. The van der Waals surface area contributed by atoms with Crippen LogP contribution in [0.5, 0.6) is 17.2 Å². The molecule has 0 amide bonds. The first-order valence-corrected chi connectivity index (χ1v) is 12.0. The van der Waals surface area contributed by atoms with E-state index in [0.717, 1.165) is 45.6 Å². The zero-order valence-electron chi connectivity index (χ0n) is 19.0. The van der Waals surface area contributed by atoms with Crippen molar-refractivity contribution in [2.75, 3.05) is 18.6 Å². The minimum absolute atomic E-state index is 0.549. The Hall–Kier alpha value is -3.84. The van der Waals surface area contributed by atoms with Crippen molar-refractivity contribution >= 4 is 22.7 Å². The van der Waals surface area contributed by atoms with E-state index in [4.69, 9.17) is 14.2 Å². The summed E-state index contributed by atoms with van der Waals surface area (Å²) in [7, 11) is 0. The number of benzene rings is 3. The highest BCUT2D eigenvalue weighted by Gasteiger charge is 2.00. The first-order valence-electron chi connectivity index (χ1n) is 11.1. The number of ether oxygens (including phenoxy) is 3. The van der Waals surface area contributed by atoms with Crippen LogP contribution < -0.4 is 19.6 Å². The van der Waals surface area contributed by atoms with Crippen LogP contribution in [-0.4, -0.2) is 24.4 Å². The predicted molar refractivity (Wildman–Crippen MR) is 137 cm³/mol. The van der Waals surface area contributed by atoms with Gasteiger partial charge in [0.2, 0.25) is 5.13 Å². The molecule has 4 rings (SSSR count). The zero-order chi connectivity index (χ0) is 23.4. The van der Waals surface area contributed by atoms with E-state index < -0.39 is 0 Å². The molecule has 3 aromatic carbocycles. The fourth-order valence-electron chi connectivity index (χ4n) is 3.06. The van der Waals surface area contributed by atoms with Crippen LogP contribution in [-0.2, 0) is 6.61 Å². The molecule has 1 N–H and O–H groups in total. The average molecular weight is 474 g/mol. The van der Waals surface area contributed by atoms with Crippen LogP contribution in [0.2, 0.25) is 0 Å². The van der Waals surface area contributed by atoms with Gasteiger partial charge in [0.25, 0.3) is 0 Å². The Morgan fingerprint density at radius 2 is 1.59 bits per heavy atom. The third kappa shape index (κ3) is 7.64. The number of hydrogen-bond acceptors (Lipinski definition) is 7. The van der Waals surface area contributed by atoms with Crippen LogP contribution in [0.25, 0.3) is 0 Å². The van der Waals surface area contributed by atoms with Gasteiger partial charge in [0.1, 0.15) is 23.9 Å². The summed E-state index contributed by atoms with van der Waals surface area (Å²) in [5.41, 5.74) is 6.01. The number of nitrogens with zero attached hydrogens (tertiary/aromatic N) is 2. The molecule has 0 saturated carbocycles. The molecule has 0 bridgehead atoms. The van der Waals surface area contributed by atoms with Gasteiger partial charge >= 0.3 is 0 Å². The lowest BCUT2D eigenvalue weighted by molar-refractivity contribution is 0.247. The maximum absolute atomic E-state index is 5.85. The SMILES string of the molecule is Cc1csc(NN=Cc2cccc(OCCCOc3ccc(OCc4ccccc4)cc3)c2)n1. The fraction of sp³-hybridized carbons (Fsp3) is 0.185.